The molecule has 5 nitrogen and oxygen atoms in total. The van der Waals surface area contributed by atoms with E-state index in [-0.39, 0.29) is 6.04 Å². The topological polar surface area (TPSA) is 52.8 Å². The molecule has 6 heteroatoms. The average molecular weight is 381 g/mol. The van der Waals surface area contributed by atoms with E-state index < -0.39 is 0 Å². The van der Waals surface area contributed by atoms with Gasteiger partial charge in [-0.05, 0) is 50.3 Å². The SMILES string of the molecule is CC(C)n1ncnc1-c1nc2c(s1)CCOc1ccc(C3CCCC3)cc1-2. The van der Waals surface area contributed by atoms with Gasteiger partial charge in [-0.25, -0.2) is 14.6 Å². The van der Waals surface area contributed by atoms with E-state index in [4.69, 9.17) is 9.72 Å². The van der Waals surface area contributed by atoms with Crippen LogP contribution in [0.5, 0.6) is 5.75 Å². The maximum Gasteiger partial charge on any atom is 0.187 e. The van der Waals surface area contributed by atoms with Crippen LogP contribution in [0.25, 0.3) is 22.1 Å². The van der Waals surface area contributed by atoms with Gasteiger partial charge in [0.25, 0.3) is 0 Å². The van der Waals surface area contributed by atoms with Gasteiger partial charge in [0.05, 0.1) is 12.3 Å². The van der Waals surface area contributed by atoms with Crippen LogP contribution in [0, 0.1) is 0 Å². The molecule has 1 aromatic carbocycles. The number of hydrogen-bond acceptors (Lipinski definition) is 5. The van der Waals surface area contributed by atoms with Gasteiger partial charge in [-0.3, -0.25) is 0 Å². The summed E-state index contributed by atoms with van der Waals surface area (Å²) in [6, 6.07) is 6.98. The Labute approximate surface area is 163 Å². The quantitative estimate of drug-likeness (QED) is 0.623. The van der Waals surface area contributed by atoms with E-state index in [0.29, 0.717) is 12.5 Å². The van der Waals surface area contributed by atoms with Crippen LogP contribution in [0.1, 0.15) is 61.9 Å². The van der Waals surface area contributed by atoms with Crippen LogP contribution in [0.2, 0.25) is 0 Å². The van der Waals surface area contributed by atoms with Crippen molar-refractivity contribution < 1.29 is 4.74 Å². The molecular weight excluding hydrogens is 356 g/mol. The van der Waals surface area contributed by atoms with Crippen molar-refractivity contribution in [1.82, 2.24) is 19.7 Å². The highest BCUT2D eigenvalue weighted by Crippen LogP contribution is 2.43. The summed E-state index contributed by atoms with van der Waals surface area (Å²) in [6.45, 7) is 4.93. The number of aromatic nitrogens is 4. The predicted molar refractivity (Wildman–Crippen MR) is 107 cm³/mol. The van der Waals surface area contributed by atoms with Gasteiger partial charge < -0.3 is 4.74 Å². The lowest BCUT2D eigenvalue weighted by Gasteiger charge is -2.13. The lowest BCUT2D eigenvalue weighted by Crippen LogP contribution is -2.04. The Morgan fingerprint density at radius 2 is 2.07 bits per heavy atom. The fourth-order valence-electron chi connectivity index (χ4n) is 4.23. The first-order chi connectivity index (χ1) is 13.2. The van der Waals surface area contributed by atoms with Crippen LogP contribution < -0.4 is 4.74 Å². The molecule has 140 valence electrons. The van der Waals surface area contributed by atoms with Crippen molar-refractivity contribution in [2.24, 2.45) is 0 Å². The smallest absolute Gasteiger partial charge is 0.187 e. The number of nitrogens with zero attached hydrogens (tertiary/aromatic N) is 4. The molecule has 0 amide bonds. The first kappa shape index (κ1) is 16.9. The Morgan fingerprint density at radius 1 is 1.22 bits per heavy atom. The maximum atomic E-state index is 6.03. The zero-order valence-electron chi connectivity index (χ0n) is 15.8. The predicted octanol–water partition coefficient (Wildman–Crippen LogP) is 5.24. The fourth-order valence-corrected chi connectivity index (χ4v) is 5.28. The molecule has 3 aromatic rings. The van der Waals surface area contributed by atoms with Gasteiger partial charge in [0.15, 0.2) is 10.8 Å². The lowest BCUT2D eigenvalue weighted by molar-refractivity contribution is 0.327. The highest BCUT2D eigenvalue weighted by Gasteiger charge is 2.25. The number of benzene rings is 1. The zero-order chi connectivity index (χ0) is 18.4. The summed E-state index contributed by atoms with van der Waals surface area (Å²) in [5.74, 6) is 2.50. The van der Waals surface area contributed by atoms with Gasteiger partial charge in [-0.1, -0.05) is 18.9 Å². The Hall–Kier alpha value is -2.21. The molecule has 2 aliphatic rings. The number of hydrogen-bond donors (Lipinski definition) is 0. The molecule has 0 radical (unpaired) electrons. The standard InChI is InChI=1S/C21H24N4OS/c1-13(2)25-20(22-12-23-25)21-24-19-16-11-15(14-5-3-4-6-14)7-8-17(16)26-10-9-18(19)27-21/h7-8,11-14H,3-6,9-10H2,1-2H3. The molecule has 0 atom stereocenters. The molecule has 1 fully saturated rings. The maximum absolute atomic E-state index is 6.03. The van der Waals surface area contributed by atoms with Crippen molar-refractivity contribution in [3.8, 4) is 27.8 Å². The molecule has 3 heterocycles. The summed E-state index contributed by atoms with van der Waals surface area (Å²) in [5, 5.41) is 5.32. The van der Waals surface area contributed by atoms with Gasteiger partial charge in [0.1, 0.15) is 12.1 Å². The van der Waals surface area contributed by atoms with E-state index >= 15 is 0 Å². The van der Waals surface area contributed by atoms with Crippen LogP contribution in [-0.4, -0.2) is 26.4 Å². The van der Waals surface area contributed by atoms with Crippen LogP contribution in [0.15, 0.2) is 24.5 Å². The Balaban J connectivity index is 1.60. The molecule has 0 spiro atoms. The second kappa shape index (κ2) is 6.75. The van der Waals surface area contributed by atoms with Crippen LogP contribution >= 0.6 is 11.3 Å². The van der Waals surface area contributed by atoms with E-state index in [1.165, 1.54) is 36.1 Å². The number of ether oxygens (including phenoxy) is 1. The van der Waals surface area contributed by atoms with Gasteiger partial charge in [0.2, 0.25) is 0 Å². The second-order valence-corrected chi connectivity index (χ2v) is 8.83. The van der Waals surface area contributed by atoms with E-state index in [1.54, 1.807) is 17.7 Å². The molecular formula is C21H24N4OS. The molecule has 0 saturated heterocycles. The van der Waals surface area contributed by atoms with Crippen LogP contribution in [0.3, 0.4) is 0 Å². The average Bonchev–Trinajstić information content (AvgIpc) is 3.41. The van der Waals surface area contributed by atoms with E-state index in [1.807, 2.05) is 4.68 Å². The van der Waals surface area contributed by atoms with Crippen molar-refractivity contribution in [2.75, 3.05) is 6.61 Å². The minimum atomic E-state index is 0.260. The number of fused-ring (bicyclic) bond motifs is 3. The zero-order valence-corrected chi connectivity index (χ0v) is 16.6. The molecule has 1 aliphatic heterocycles. The largest absolute Gasteiger partial charge is 0.493 e. The normalized spacial score (nSPS) is 16.9. The van der Waals surface area contributed by atoms with Gasteiger partial charge in [-0.2, -0.15) is 5.10 Å². The van der Waals surface area contributed by atoms with Crippen molar-refractivity contribution in [3.05, 3.63) is 35.0 Å². The molecule has 1 saturated carbocycles. The molecule has 5 rings (SSSR count). The molecule has 0 bridgehead atoms. The Morgan fingerprint density at radius 3 is 2.89 bits per heavy atom. The third-order valence-corrected chi connectivity index (χ3v) is 6.73. The second-order valence-electron chi connectivity index (χ2n) is 7.75. The van der Waals surface area contributed by atoms with Gasteiger partial charge in [0, 0.05) is 22.9 Å². The van der Waals surface area contributed by atoms with Crippen molar-refractivity contribution in [3.63, 3.8) is 0 Å². The van der Waals surface area contributed by atoms with Crippen molar-refractivity contribution in [2.45, 2.75) is 57.9 Å². The number of rotatable bonds is 3. The summed E-state index contributed by atoms with van der Waals surface area (Å²) in [4.78, 5) is 10.8. The van der Waals surface area contributed by atoms with Crippen molar-refractivity contribution in [1.29, 1.82) is 0 Å². The number of thiazole rings is 1. The third-order valence-electron chi connectivity index (χ3n) is 5.62. The van der Waals surface area contributed by atoms with E-state index in [0.717, 1.165) is 34.3 Å². The monoisotopic (exact) mass is 380 g/mol. The molecule has 0 N–H and O–H groups in total. The Bertz CT molecular complexity index is 968. The molecule has 2 aromatic heterocycles. The van der Waals surface area contributed by atoms with Crippen LogP contribution in [0.4, 0.5) is 0 Å². The minimum absolute atomic E-state index is 0.260. The van der Waals surface area contributed by atoms with Crippen LogP contribution in [-0.2, 0) is 6.42 Å². The van der Waals surface area contributed by atoms with E-state index in [2.05, 4.69) is 42.1 Å². The highest BCUT2D eigenvalue weighted by atomic mass is 32.1. The van der Waals surface area contributed by atoms with Crippen molar-refractivity contribution >= 4 is 11.3 Å². The minimum Gasteiger partial charge on any atom is -0.493 e. The summed E-state index contributed by atoms with van der Waals surface area (Å²) in [6.07, 6.45) is 7.79. The third kappa shape index (κ3) is 2.96. The summed E-state index contributed by atoms with van der Waals surface area (Å²) in [7, 11) is 0. The molecule has 0 unspecified atom stereocenters. The summed E-state index contributed by atoms with van der Waals surface area (Å²) in [5.41, 5.74) is 3.65. The highest BCUT2D eigenvalue weighted by molar-refractivity contribution is 7.15. The molecule has 27 heavy (non-hydrogen) atoms. The van der Waals surface area contributed by atoms with Gasteiger partial charge >= 0.3 is 0 Å². The van der Waals surface area contributed by atoms with Gasteiger partial charge in [-0.15, -0.1) is 11.3 Å². The lowest BCUT2D eigenvalue weighted by atomic mass is 9.94. The van der Waals surface area contributed by atoms with E-state index in [9.17, 15) is 0 Å². The fraction of sp³-hybridized carbons (Fsp3) is 0.476. The first-order valence-electron chi connectivity index (χ1n) is 9.87. The Kier molecular flexibility index (Phi) is 4.23. The molecule has 1 aliphatic carbocycles. The summed E-state index contributed by atoms with van der Waals surface area (Å²) >= 11 is 1.73. The first-order valence-corrected chi connectivity index (χ1v) is 10.7. The summed E-state index contributed by atoms with van der Waals surface area (Å²) < 4.78 is 7.98.